The molecule has 0 saturated heterocycles. The van der Waals surface area contributed by atoms with Crippen LogP contribution < -0.4 is 10.1 Å². The van der Waals surface area contributed by atoms with Gasteiger partial charge in [-0.1, -0.05) is 23.4 Å². The van der Waals surface area contributed by atoms with Gasteiger partial charge < -0.3 is 24.1 Å². The number of halogens is 2. The zero-order valence-corrected chi connectivity index (χ0v) is 21.4. The molecular weight excluding hydrogens is 523 g/mol. The number of amides is 1. The lowest BCUT2D eigenvalue weighted by atomic mass is 10.1. The van der Waals surface area contributed by atoms with E-state index in [1.54, 1.807) is 18.5 Å². The van der Waals surface area contributed by atoms with Crippen LogP contribution in [-0.2, 0) is 27.9 Å². The van der Waals surface area contributed by atoms with E-state index in [1.165, 1.54) is 32.4 Å². The Bertz CT molecular complexity index is 1280. The third-order valence-electron chi connectivity index (χ3n) is 4.68. The van der Waals surface area contributed by atoms with E-state index in [9.17, 15) is 18.8 Å². The highest BCUT2D eigenvalue weighted by Crippen LogP contribution is 2.34. The van der Waals surface area contributed by atoms with E-state index in [-0.39, 0.29) is 32.8 Å². The molecule has 0 aliphatic heterocycles. The molecule has 14 heteroatoms. The van der Waals surface area contributed by atoms with E-state index in [1.807, 2.05) is 0 Å². The van der Waals surface area contributed by atoms with Crippen molar-refractivity contribution in [2.45, 2.75) is 18.7 Å². The van der Waals surface area contributed by atoms with Gasteiger partial charge in [0.15, 0.2) is 11.0 Å². The Morgan fingerprint density at radius 2 is 1.91 bits per heavy atom. The van der Waals surface area contributed by atoms with Crippen LogP contribution >= 0.6 is 34.7 Å². The molecule has 0 aliphatic carbocycles. The maximum atomic E-state index is 13.3. The summed E-state index contributed by atoms with van der Waals surface area (Å²) < 4.78 is 30.0. The molecule has 0 saturated carbocycles. The fraction of sp³-hybridized carbons (Fsp3) is 0.286. The van der Waals surface area contributed by atoms with Gasteiger partial charge in [-0.15, -0.1) is 21.5 Å². The highest BCUT2D eigenvalue weighted by atomic mass is 35.5. The summed E-state index contributed by atoms with van der Waals surface area (Å²) in [7, 11) is 4.14. The summed E-state index contributed by atoms with van der Waals surface area (Å²) in [6.07, 6.45) is 0. The number of hydrogen-bond acceptors (Lipinski definition) is 10. The molecule has 2 aromatic heterocycles. The summed E-state index contributed by atoms with van der Waals surface area (Å²) in [4.78, 5) is 37.0. The van der Waals surface area contributed by atoms with Gasteiger partial charge in [-0.25, -0.2) is 14.0 Å². The van der Waals surface area contributed by atoms with Gasteiger partial charge in [-0.05, 0) is 24.6 Å². The number of esters is 2. The van der Waals surface area contributed by atoms with Crippen LogP contribution in [0.5, 0.6) is 5.75 Å². The molecule has 3 aromatic rings. The quantitative estimate of drug-likeness (QED) is 0.317. The molecule has 1 amide bonds. The second-order valence-electron chi connectivity index (χ2n) is 6.90. The number of thioether (sulfide) groups is 1. The molecule has 0 fully saturated rings. The Kier molecular flexibility index (Phi) is 8.70. The minimum atomic E-state index is -0.683. The SMILES string of the molecule is COC(=O)c1sc(NC(=O)CSc2nnc(COc3ccc(F)c(Cl)c3)n2C)c(C(=O)OC)c1C. The van der Waals surface area contributed by atoms with Crippen molar-refractivity contribution in [2.75, 3.05) is 25.3 Å². The van der Waals surface area contributed by atoms with Crippen LogP contribution in [0.3, 0.4) is 0 Å². The number of nitrogens with one attached hydrogen (secondary N) is 1. The lowest BCUT2D eigenvalue weighted by Gasteiger charge is -2.08. The van der Waals surface area contributed by atoms with Crippen molar-refractivity contribution in [2.24, 2.45) is 7.05 Å². The minimum Gasteiger partial charge on any atom is -0.486 e. The fourth-order valence-corrected chi connectivity index (χ4v) is 4.87. The molecule has 10 nitrogen and oxygen atoms in total. The van der Waals surface area contributed by atoms with Crippen LogP contribution in [0, 0.1) is 12.7 Å². The number of rotatable bonds is 9. The number of hydrogen-bond donors (Lipinski definition) is 1. The number of ether oxygens (including phenoxy) is 3. The molecule has 0 atom stereocenters. The van der Waals surface area contributed by atoms with Crippen LogP contribution in [0.4, 0.5) is 9.39 Å². The smallest absolute Gasteiger partial charge is 0.348 e. The molecule has 0 unspecified atom stereocenters. The molecule has 1 N–H and O–H groups in total. The first kappa shape index (κ1) is 26.4. The molecule has 0 bridgehead atoms. The van der Waals surface area contributed by atoms with Crippen LogP contribution in [0.25, 0.3) is 0 Å². The number of anilines is 1. The molecule has 3 rings (SSSR count). The highest BCUT2D eigenvalue weighted by molar-refractivity contribution is 7.99. The van der Waals surface area contributed by atoms with Crippen molar-refractivity contribution in [3.05, 3.63) is 50.9 Å². The van der Waals surface area contributed by atoms with Crippen LogP contribution in [0.1, 0.15) is 31.4 Å². The van der Waals surface area contributed by atoms with E-state index < -0.39 is 23.7 Å². The predicted molar refractivity (Wildman–Crippen MR) is 128 cm³/mol. The van der Waals surface area contributed by atoms with Crippen molar-refractivity contribution in [3.63, 3.8) is 0 Å². The van der Waals surface area contributed by atoms with Crippen molar-refractivity contribution < 1.29 is 33.0 Å². The fourth-order valence-electron chi connectivity index (χ4n) is 2.84. The average Bonchev–Trinajstić information content (AvgIpc) is 3.36. The highest BCUT2D eigenvalue weighted by Gasteiger charge is 2.27. The first-order chi connectivity index (χ1) is 16.7. The third kappa shape index (κ3) is 6.10. The lowest BCUT2D eigenvalue weighted by molar-refractivity contribution is -0.113. The summed E-state index contributed by atoms with van der Waals surface area (Å²) >= 11 is 7.79. The zero-order valence-electron chi connectivity index (χ0n) is 19.0. The Morgan fingerprint density at radius 3 is 2.57 bits per heavy atom. The van der Waals surface area contributed by atoms with Crippen molar-refractivity contribution in [1.82, 2.24) is 14.8 Å². The summed E-state index contributed by atoms with van der Waals surface area (Å²) in [6.45, 7) is 1.62. The summed E-state index contributed by atoms with van der Waals surface area (Å²) in [5, 5.41) is 11.3. The summed E-state index contributed by atoms with van der Waals surface area (Å²) in [6, 6.07) is 3.99. The van der Waals surface area contributed by atoms with Gasteiger partial charge in [0.05, 0.1) is 30.6 Å². The number of carbonyl (C=O) groups is 3. The maximum Gasteiger partial charge on any atom is 0.348 e. The number of carbonyl (C=O) groups excluding carboxylic acids is 3. The number of thiophene rings is 1. The van der Waals surface area contributed by atoms with E-state index in [2.05, 4.69) is 15.5 Å². The molecule has 1 aromatic carbocycles. The molecule has 186 valence electrons. The third-order valence-corrected chi connectivity index (χ3v) is 7.17. The number of nitrogens with zero attached hydrogens (tertiary/aromatic N) is 3. The topological polar surface area (TPSA) is 122 Å². The van der Waals surface area contributed by atoms with Crippen LogP contribution in [0.2, 0.25) is 5.02 Å². The van der Waals surface area contributed by atoms with Crippen molar-refractivity contribution in [3.8, 4) is 5.75 Å². The van der Waals surface area contributed by atoms with Crippen LogP contribution in [-0.4, -0.2) is 52.6 Å². The van der Waals surface area contributed by atoms with Gasteiger partial charge >= 0.3 is 11.9 Å². The lowest BCUT2D eigenvalue weighted by Crippen LogP contribution is -2.16. The van der Waals surface area contributed by atoms with E-state index >= 15 is 0 Å². The normalized spacial score (nSPS) is 10.7. The van der Waals surface area contributed by atoms with Gasteiger partial charge in [0.25, 0.3) is 0 Å². The molecular formula is C21H20ClFN4O6S2. The predicted octanol–water partition coefficient (Wildman–Crippen LogP) is 3.86. The Hall–Kier alpha value is -3.16. The summed E-state index contributed by atoms with van der Waals surface area (Å²) in [5.41, 5.74) is 0.451. The second kappa shape index (κ2) is 11.5. The minimum absolute atomic E-state index is 0.0471. The molecule has 35 heavy (non-hydrogen) atoms. The molecule has 0 spiro atoms. The van der Waals surface area contributed by atoms with E-state index in [4.69, 9.17) is 25.8 Å². The molecule has 0 radical (unpaired) electrons. The maximum absolute atomic E-state index is 13.3. The first-order valence-electron chi connectivity index (χ1n) is 9.85. The number of benzene rings is 1. The van der Waals surface area contributed by atoms with Gasteiger partial charge in [-0.3, -0.25) is 4.79 Å². The van der Waals surface area contributed by atoms with E-state index in [0.717, 1.165) is 23.1 Å². The van der Waals surface area contributed by atoms with Gasteiger partial charge in [-0.2, -0.15) is 0 Å². The zero-order chi connectivity index (χ0) is 25.7. The molecule has 0 aliphatic rings. The summed E-state index contributed by atoms with van der Waals surface area (Å²) in [5.74, 6) is -1.50. The first-order valence-corrected chi connectivity index (χ1v) is 12.0. The largest absolute Gasteiger partial charge is 0.486 e. The number of aromatic nitrogens is 3. The number of methoxy groups -OCH3 is 2. The van der Waals surface area contributed by atoms with Crippen LogP contribution in [0.15, 0.2) is 23.4 Å². The van der Waals surface area contributed by atoms with E-state index in [0.29, 0.717) is 22.3 Å². The Labute approximate surface area is 212 Å². The van der Waals surface area contributed by atoms with Crippen molar-refractivity contribution in [1.29, 1.82) is 0 Å². The van der Waals surface area contributed by atoms with Gasteiger partial charge in [0.2, 0.25) is 5.91 Å². The second-order valence-corrected chi connectivity index (χ2v) is 9.27. The Morgan fingerprint density at radius 1 is 1.20 bits per heavy atom. The standard InChI is InChI=1S/C21H20ClFN4O6S2/c1-10-16(19(29)31-3)18(35-17(10)20(30)32-4)24-15(28)9-34-21-26-25-14(27(21)2)8-33-11-5-6-13(23)12(22)7-11/h5-7H,8-9H2,1-4H3,(H,24,28). The van der Waals surface area contributed by atoms with Gasteiger partial charge in [0, 0.05) is 13.1 Å². The average molecular weight is 543 g/mol. The molecule has 2 heterocycles. The van der Waals surface area contributed by atoms with Crippen molar-refractivity contribution >= 4 is 57.5 Å². The Balaban J connectivity index is 1.64. The van der Waals surface area contributed by atoms with Gasteiger partial charge in [0.1, 0.15) is 28.1 Å². The monoisotopic (exact) mass is 542 g/mol.